The second-order valence-electron chi connectivity index (χ2n) is 4.36. The van der Waals surface area contributed by atoms with E-state index >= 15 is 0 Å². The Labute approximate surface area is 117 Å². The number of non-ortho nitro benzene ring substituents is 1. The highest BCUT2D eigenvalue weighted by molar-refractivity contribution is 5.57. The van der Waals surface area contributed by atoms with E-state index in [1.54, 1.807) is 18.0 Å². The summed E-state index contributed by atoms with van der Waals surface area (Å²) in [5, 5.41) is 20.6. The fourth-order valence-electron chi connectivity index (χ4n) is 1.81. The molecule has 20 heavy (non-hydrogen) atoms. The Morgan fingerprint density at radius 2 is 2.15 bits per heavy atom. The molecule has 0 heterocycles. The minimum Gasteiger partial charge on any atom is -0.494 e. The number of nitro benzene ring substituents is 1. The molecule has 1 aromatic carbocycles. The van der Waals surface area contributed by atoms with Crippen molar-refractivity contribution in [3.05, 3.63) is 28.3 Å². The summed E-state index contributed by atoms with van der Waals surface area (Å²) in [6, 6.07) is 4.53. The smallest absolute Gasteiger partial charge is 0.275 e. The van der Waals surface area contributed by atoms with Crippen LogP contribution >= 0.6 is 0 Å². The number of likely N-dealkylation sites (N-methyl/N-ethyl adjacent to an activating group) is 1. The second kappa shape index (κ2) is 7.66. The van der Waals surface area contributed by atoms with Gasteiger partial charge in [-0.25, -0.2) is 0 Å². The van der Waals surface area contributed by atoms with Crippen molar-refractivity contribution < 1.29 is 19.5 Å². The first-order valence-electron chi connectivity index (χ1n) is 6.28. The normalized spacial score (nSPS) is 12.0. The van der Waals surface area contributed by atoms with E-state index in [0.717, 1.165) is 0 Å². The van der Waals surface area contributed by atoms with Crippen molar-refractivity contribution in [2.45, 2.75) is 13.0 Å². The Kier molecular flexibility index (Phi) is 6.20. The van der Waals surface area contributed by atoms with Gasteiger partial charge in [-0.2, -0.15) is 0 Å². The second-order valence-corrected chi connectivity index (χ2v) is 4.36. The Bertz CT molecular complexity index is 452. The molecule has 1 N–H and O–H groups in total. The van der Waals surface area contributed by atoms with Crippen molar-refractivity contribution in [3.63, 3.8) is 0 Å². The number of rotatable bonds is 8. The molecule has 0 aliphatic carbocycles. The van der Waals surface area contributed by atoms with E-state index in [1.165, 1.54) is 19.2 Å². The van der Waals surface area contributed by atoms with Crippen LogP contribution in [0.4, 0.5) is 11.4 Å². The van der Waals surface area contributed by atoms with Crippen LogP contribution in [0.2, 0.25) is 0 Å². The highest BCUT2D eigenvalue weighted by atomic mass is 16.6. The third kappa shape index (κ3) is 4.67. The van der Waals surface area contributed by atoms with Gasteiger partial charge in [0.05, 0.1) is 30.3 Å². The molecular weight excluding hydrogens is 264 g/mol. The summed E-state index contributed by atoms with van der Waals surface area (Å²) < 4.78 is 10.2. The predicted octanol–water partition coefficient (Wildman–Crippen LogP) is 1.44. The molecular formula is C13H20N2O5. The molecule has 7 nitrogen and oxygen atoms in total. The van der Waals surface area contributed by atoms with Crippen LogP contribution in [-0.4, -0.2) is 50.0 Å². The molecule has 0 bridgehead atoms. The summed E-state index contributed by atoms with van der Waals surface area (Å²) in [5.41, 5.74) is 0.567. The summed E-state index contributed by atoms with van der Waals surface area (Å²) >= 11 is 0. The van der Waals surface area contributed by atoms with Gasteiger partial charge in [0.15, 0.2) is 0 Å². The molecule has 0 amide bonds. The topological polar surface area (TPSA) is 85.1 Å². The first-order valence-corrected chi connectivity index (χ1v) is 6.28. The van der Waals surface area contributed by atoms with E-state index in [1.807, 2.05) is 6.92 Å². The molecule has 7 heteroatoms. The van der Waals surface area contributed by atoms with E-state index in [0.29, 0.717) is 24.6 Å². The number of methoxy groups -OCH3 is 1. The van der Waals surface area contributed by atoms with Gasteiger partial charge in [-0.15, -0.1) is 0 Å². The maximum absolute atomic E-state index is 10.9. The lowest BCUT2D eigenvalue weighted by atomic mass is 10.2. The predicted molar refractivity (Wildman–Crippen MR) is 75.4 cm³/mol. The quantitative estimate of drug-likeness (QED) is 0.574. The summed E-state index contributed by atoms with van der Waals surface area (Å²) in [4.78, 5) is 12.2. The van der Waals surface area contributed by atoms with Crippen molar-refractivity contribution in [1.29, 1.82) is 0 Å². The van der Waals surface area contributed by atoms with Crippen LogP contribution in [0.1, 0.15) is 6.92 Å². The molecule has 0 saturated heterocycles. The minimum atomic E-state index is -0.667. The number of nitrogens with zero attached hydrogens (tertiary/aromatic N) is 2. The van der Waals surface area contributed by atoms with E-state index in [4.69, 9.17) is 9.47 Å². The van der Waals surface area contributed by atoms with Crippen LogP contribution in [0.15, 0.2) is 18.2 Å². The van der Waals surface area contributed by atoms with E-state index in [2.05, 4.69) is 0 Å². The number of ether oxygens (including phenoxy) is 2. The fraction of sp³-hybridized carbons (Fsp3) is 0.538. The first kappa shape index (κ1) is 16.2. The lowest BCUT2D eigenvalue weighted by Gasteiger charge is -2.22. The lowest BCUT2D eigenvalue weighted by Crippen LogP contribution is -2.31. The molecule has 1 atom stereocenters. The molecule has 1 rings (SSSR count). The van der Waals surface area contributed by atoms with Gasteiger partial charge in [0.1, 0.15) is 5.75 Å². The van der Waals surface area contributed by atoms with Gasteiger partial charge in [-0.3, -0.25) is 10.1 Å². The molecule has 0 aliphatic heterocycles. The van der Waals surface area contributed by atoms with Gasteiger partial charge in [0.2, 0.25) is 0 Å². The van der Waals surface area contributed by atoms with Gasteiger partial charge >= 0.3 is 0 Å². The number of nitro groups is 1. The zero-order valence-corrected chi connectivity index (χ0v) is 11.9. The maximum atomic E-state index is 10.9. The van der Waals surface area contributed by atoms with Crippen LogP contribution in [0, 0.1) is 10.1 Å². The van der Waals surface area contributed by atoms with Crippen LogP contribution < -0.4 is 9.64 Å². The summed E-state index contributed by atoms with van der Waals surface area (Å²) in [6.45, 7) is 2.75. The summed E-state index contributed by atoms with van der Waals surface area (Å²) in [6.07, 6.45) is -0.667. The largest absolute Gasteiger partial charge is 0.494 e. The lowest BCUT2D eigenvalue weighted by molar-refractivity contribution is -0.384. The Morgan fingerprint density at radius 3 is 2.70 bits per heavy atom. The Balaban J connectivity index is 2.94. The Hall–Kier alpha value is -1.86. The maximum Gasteiger partial charge on any atom is 0.275 e. The molecule has 0 radical (unpaired) electrons. The number of benzene rings is 1. The van der Waals surface area contributed by atoms with Crippen molar-refractivity contribution >= 4 is 11.4 Å². The van der Waals surface area contributed by atoms with Crippen molar-refractivity contribution in [1.82, 2.24) is 0 Å². The highest BCUT2D eigenvalue weighted by Gasteiger charge is 2.15. The van der Waals surface area contributed by atoms with Crippen molar-refractivity contribution in [2.24, 2.45) is 0 Å². The summed E-state index contributed by atoms with van der Waals surface area (Å²) in [7, 11) is 3.25. The third-order valence-electron chi connectivity index (χ3n) is 2.68. The van der Waals surface area contributed by atoms with Gasteiger partial charge < -0.3 is 19.5 Å². The monoisotopic (exact) mass is 284 g/mol. The van der Waals surface area contributed by atoms with Gasteiger partial charge in [0, 0.05) is 38.5 Å². The zero-order chi connectivity index (χ0) is 15.1. The molecule has 0 aliphatic rings. The number of aliphatic hydroxyl groups excluding tert-OH is 1. The molecule has 0 spiro atoms. The van der Waals surface area contributed by atoms with E-state index < -0.39 is 11.0 Å². The van der Waals surface area contributed by atoms with Gasteiger partial charge in [0.25, 0.3) is 5.69 Å². The average Bonchev–Trinajstić information content (AvgIpc) is 2.38. The molecule has 1 aromatic rings. The molecule has 1 unspecified atom stereocenters. The molecule has 0 aromatic heterocycles. The van der Waals surface area contributed by atoms with Crippen LogP contribution in [0.25, 0.3) is 0 Å². The van der Waals surface area contributed by atoms with E-state index in [-0.39, 0.29) is 12.3 Å². The van der Waals surface area contributed by atoms with Crippen LogP contribution in [0.5, 0.6) is 5.75 Å². The third-order valence-corrected chi connectivity index (χ3v) is 2.68. The SMILES string of the molecule is CCOc1cc(N(C)CC(O)COC)cc([N+](=O)[O-])c1. The molecule has 0 fully saturated rings. The van der Waals surface area contributed by atoms with Crippen LogP contribution in [-0.2, 0) is 4.74 Å². The highest BCUT2D eigenvalue weighted by Crippen LogP contribution is 2.28. The Morgan fingerprint density at radius 1 is 1.45 bits per heavy atom. The van der Waals surface area contributed by atoms with Gasteiger partial charge in [-0.1, -0.05) is 0 Å². The number of hydrogen-bond acceptors (Lipinski definition) is 6. The average molecular weight is 284 g/mol. The standard InChI is InChI=1S/C13H20N2O5/c1-4-20-13-6-10(5-11(7-13)15(17)18)14(2)8-12(16)9-19-3/h5-7,12,16H,4,8-9H2,1-3H3. The first-order chi connectivity index (χ1) is 9.47. The molecule has 112 valence electrons. The number of aliphatic hydroxyl groups is 1. The van der Waals surface area contributed by atoms with Crippen LogP contribution in [0.3, 0.4) is 0 Å². The number of hydrogen-bond donors (Lipinski definition) is 1. The van der Waals surface area contributed by atoms with Crippen molar-refractivity contribution in [3.8, 4) is 5.75 Å². The summed E-state index contributed by atoms with van der Waals surface area (Å²) in [5.74, 6) is 0.435. The zero-order valence-electron chi connectivity index (χ0n) is 11.9. The van der Waals surface area contributed by atoms with Crippen molar-refractivity contribution in [2.75, 3.05) is 38.8 Å². The van der Waals surface area contributed by atoms with E-state index in [9.17, 15) is 15.2 Å². The molecule has 0 saturated carbocycles. The number of anilines is 1. The van der Waals surface area contributed by atoms with Gasteiger partial charge in [-0.05, 0) is 6.92 Å². The minimum absolute atomic E-state index is 0.0426. The fourth-order valence-corrected chi connectivity index (χ4v) is 1.81.